The highest BCUT2D eigenvalue weighted by atomic mass is 35.5. The van der Waals surface area contributed by atoms with E-state index in [9.17, 15) is 0 Å². The lowest BCUT2D eigenvalue weighted by Gasteiger charge is -2.51. The Morgan fingerprint density at radius 3 is 2.44 bits per heavy atom. The molecule has 0 heterocycles. The number of hydrogen-bond donors (Lipinski definition) is 0. The maximum absolute atomic E-state index is 6.18. The number of rotatable bonds is 10. The molecular weight excluding hydrogens is 352 g/mol. The van der Waals surface area contributed by atoms with E-state index in [4.69, 9.17) is 11.6 Å². The van der Waals surface area contributed by atoms with Crippen molar-refractivity contribution in [2.45, 2.75) is 70.4 Å². The Morgan fingerprint density at radius 1 is 1.19 bits per heavy atom. The molecule has 1 fully saturated rings. The van der Waals surface area contributed by atoms with Crippen molar-refractivity contribution in [2.75, 3.05) is 27.2 Å². The van der Waals surface area contributed by atoms with E-state index in [2.05, 4.69) is 74.7 Å². The molecule has 1 aliphatic rings. The van der Waals surface area contributed by atoms with Crippen molar-refractivity contribution in [3.8, 4) is 0 Å². The quantitative estimate of drug-likeness (QED) is 0.429. The Hall–Kier alpha value is -0.830. The zero-order valence-electron chi connectivity index (χ0n) is 17.9. The van der Waals surface area contributed by atoms with Crippen molar-refractivity contribution in [2.24, 2.45) is 5.92 Å². The molecule has 3 atom stereocenters. The first-order valence-corrected chi connectivity index (χ1v) is 11.1. The van der Waals surface area contributed by atoms with Crippen molar-refractivity contribution < 1.29 is 0 Å². The number of benzene rings is 1. The average Bonchev–Trinajstić information content (AvgIpc) is 2.66. The fourth-order valence-corrected chi connectivity index (χ4v) is 5.19. The van der Waals surface area contributed by atoms with Crippen molar-refractivity contribution in [3.63, 3.8) is 0 Å². The molecule has 0 spiro atoms. The van der Waals surface area contributed by atoms with Crippen LogP contribution in [0.5, 0.6) is 0 Å². The van der Waals surface area contributed by atoms with E-state index < -0.39 is 0 Å². The van der Waals surface area contributed by atoms with E-state index in [1.807, 2.05) is 0 Å². The first-order valence-electron chi connectivity index (χ1n) is 10.8. The Kier molecular flexibility index (Phi) is 8.85. The molecule has 0 aliphatic heterocycles. The van der Waals surface area contributed by atoms with Gasteiger partial charge in [0.25, 0.3) is 0 Å². The minimum atomic E-state index is 0.117. The van der Waals surface area contributed by atoms with E-state index in [0.29, 0.717) is 6.04 Å². The van der Waals surface area contributed by atoms with Gasteiger partial charge in [0.05, 0.1) is 0 Å². The summed E-state index contributed by atoms with van der Waals surface area (Å²) in [6.07, 6.45) is 10.9. The van der Waals surface area contributed by atoms with Gasteiger partial charge in [-0.3, -0.25) is 9.80 Å². The summed E-state index contributed by atoms with van der Waals surface area (Å²) in [6.45, 7) is 10.8. The van der Waals surface area contributed by atoms with E-state index in [1.165, 1.54) is 57.1 Å². The van der Waals surface area contributed by atoms with Crippen LogP contribution in [-0.4, -0.2) is 43.0 Å². The average molecular weight is 391 g/mol. The molecule has 0 amide bonds. The molecule has 1 aromatic rings. The summed E-state index contributed by atoms with van der Waals surface area (Å²) in [5.74, 6) is 0.725. The van der Waals surface area contributed by atoms with Crippen molar-refractivity contribution >= 4 is 11.6 Å². The third-order valence-electron chi connectivity index (χ3n) is 6.51. The van der Waals surface area contributed by atoms with Crippen LogP contribution in [0.4, 0.5) is 0 Å². The lowest BCUT2D eigenvalue weighted by atomic mass is 9.67. The second-order valence-corrected chi connectivity index (χ2v) is 8.87. The minimum Gasteiger partial charge on any atom is -0.300 e. The third kappa shape index (κ3) is 5.37. The van der Waals surface area contributed by atoms with Crippen LogP contribution >= 0.6 is 11.6 Å². The zero-order chi connectivity index (χ0) is 19.9. The van der Waals surface area contributed by atoms with E-state index in [0.717, 1.165) is 17.5 Å². The number of nitrogens with zero attached hydrogens (tertiary/aromatic N) is 2. The summed E-state index contributed by atoms with van der Waals surface area (Å²) in [7, 11) is 4.50. The minimum absolute atomic E-state index is 0.117. The highest BCUT2D eigenvalue weighted by Gasteiger charge is 2.44. The van der Waals surface area contributed by atoms with Gasteiger partial charge < -0.3 is 0 Å². The van der Waals surface area contributed by atoms with Crippen LogP contribution in [0.15, 0.2) is 36.9 Å². The molecule has 1 aliphatic carbocycles. The summed E-state index contributed by atoms with van der Waals surface area (Å²) in [6, 6.07) is 9.27. The predicted octanol–water partition coefficient (Wildman–Crippen LogP) is 6.35. The fourth-order valence-electron chi connectivity index (χ4n) is 5.07. The summed E-state index contributed by atoms with van der Waals surface area (Å²) < 4.78 is 0. The van der Waals surface area contributed by atoms with E-state index in [1.54, 1.807) is 0 Å². The van der Waals surface area contributed by atoms with Crippen molar-refractivity contribution in [1.82, 2.24) is 9.80 Å². The molecule has 0 bridgehead atoms. The summed E-state index contributed by atoms with van der Waals surface area (Å²) in [5, 5.41) is 0.823. The van der Waals surface area contributed by atoms with E-state index in [-0.39, 0.29) is 5.54 Å². The highest BCUT2D eigenvalue weighted by Crippen LogP contribution is 2.46. The lowest BCUT2D eigenvalue weighted by Crippen LogP contribution is -2.53. The number of hydrogen-bond acceptors (Lipinski definition) is 2. The summed E-state index contributed by atoms with van der Waals surface area (Å²) in [4.78, 5) is 5.15. The monoisotopic (exact) mass is 390 g/mol. The first-order chi connectivity index (χ1) is 13.0. The van der Waals surface area contributed by atoms with Gasteiger partial charge in [-0.2, -0.15) is 0 Å². The topological polar surface area (TPSA) is 6.48 Å². The zero-order valence-corrected chi connectivity index (χ0v) is 18.6. The Labute approximate surface area is 172 Å². The standard InChI is InChI=1S/C24H39ClN2/c1-6-9-10-20-19-24(26(4)5,21-11-13-22(25)14-12-21)16-15-23(20)27(17-7-2)18-8-3/h7,11-14,20,23H,2,6,8-10,15-19H2,1,3-5H3. The molecule has 152 valence electrons. The van der Waals surface area contributed by atoms with Crippen LogP contribution < -0.4 is 0 Å². The maximum Gasteiger partial charge on any atom is 0.0458 e. The molecule has 0 aromatic heterocycles. The molecule has 27 heavy (non-hydrogen) atoms. The van der Waals surface area contributed by atoms with Crippen LogP contribution in [0.1, 0.15) is 64.4 Å². The molecule has 2 rings (SSSR count). The van der Waals surface area contributed by atoms with Gasteiger partial charge in [-0.1, -0.05) is 56.5 Å². The second kappa shape index (κ2) is 10.6. The Morgan fingerprint density at radius 2 is 1.89 bits per heavy atom. The maximum atomic E-state index is 6.18. The molecular formula is C24H39ClN2. The van der Waals surface area contributed by atoms with Gasteiger partial charge in [-0.25, -0.2) is 0 Å². The van der Waals surface area contributed by atoms with Crippen LogP contribution in [-0.2, 0) is 5.54 Å². The van der Waals surface area contributed by atoms with Crippen LogP contribution in [0.3, 0.4) is 0 Å². The SMILES string of the molecule is C=CCN(CCC)C1CCC(c2ccc(Cl)cc2)(N(C)C)CC1CCCC. The van der Waals surface area contributed by atoms with Gasteiger partial charge in [0, 0.05) is 23.1 Å². The number of unbranched alkanes of at least 4 members (excludes halogenated alkanes) is 1. The molecule has 3 heteroatoms. The normalized spacial score (nSPS) is 25.9. The van der Waals surface area contributed by atoms with Gasteiger partial charge in [-0.15, -0.1) is 6.58 Å². The van der Waals surface area contributed by atoms with Gasteiger partial charge in [-0.05, 0) is 76.4 Å². The molecule has 3 unspecified atom stereocenters. The Balaban J connectivity index is 2.32. The van der Waals surface area contributed by atoms with Gasteiger partial charge in [0.15, 0.2) is 0 Å². The van der Waals surface area contributed by atoms with E-state index >= 15 is 0 Å². The van der Waals surface area contributed by atoms with Gasteiger partial charge >= 0.3 is 0 Å². The molecule has 0 radical (unpaired) electrons. The van der Waals surface area contributed by atoms with Crippen LogP contribution in [0, 0.1) is 5.92 Å². The third-order valence-corrected chi connectivity index (χ3v) is 6.76. The second-order valence-electron chi connectivity index (χ2n) is 8.43. The van der Waals surface area contributed by atoms with Crippen LogP contribution in [0.2, 0.25) is 5.02 Å². The molecule has 0 saturated heterocycles. The first kappa shape index (κ1) is 22.5. The predicted molar refractivity (Wildman–Crippen MR) is 120 cm³/mol. The number of halogens is 1. The molecule has 1 saturated carbocycles. The molecule has 2 nitrogen and oxygen atoms in total. The smallest absolute Gasteiger partial charge is 0.0458 e. The van der Waals surface area contributed by atoms with Gasteiger partial charge in [0.2, 0.25) is 0 Å². The molecule has 1 aromatic carbocycles. The van der Waals surface area contributed by atoms with Crippen molar-refractivity contribution in [3.05, 3.63) is 47.5 Å². The lowest BCUT2D eigenvalue weighted by molar-refractivity contribution is 0.00764. The summed E-state index contributed by atoms with van der Waals surface area (Å²) in [5.41, 5.74) is 1.54. The highest BCUT2D eigenvalue weighted by molar-refractivity contribution is 6.30. The van der Waals surface area contributed by atoms with Gasteiger partial charge in [0.1, 0.15) is 0 Å². The summed E-state index contributed by atoms with van der Waals surface area (Å²) >= 11 is 6.18. The van der Waals surface area contributed by atoms with Crippen molar-refractivity contribution in [1.29, 1.82) is 0 Å². The fraction of sp³-hybridized carbons (Fsp3) is 0.667. The molecule has 0 N–H and O–H groups in total. The van der Waals surface area contributed by atoms with Crippen LogP contribution in [0.25, 0.3) is 0 Å². The Bertz CT molecular complexity index is 568. The largest absolute Gasteiger partial charge is 0.300 e.